The van der Waals surface area contributed by atoms with Crippen molar-refractivity contribution in [3.63, 3.8) is 0 Å². The number of rotatable bonds is 8. The highest BCUT2D eigenvalue weighted by atomic mass is 35.5. The Hall–Kier alpha value is -3.51. The topological polar surface area (TPSA) is 76.7 Å². The zero-order valence-corrected chi connectivity index (χ0v) is 18.0. The van der Waals surface area contributed by atoms with Crippen LogP contribution in [-0.2, 0) is 4.79 Å². The maximum atomic E-state index is 12.5. The van der Waals surface area contributed by atoms with Gasteiger partial charge in [-0.2, -0.15) is 0 Å². The third kappa shape index (κ3) is 6.49. The van der Waals surface area contributed by atoms with Gasteiger partial charge in [-0.25, -0.2) is 0 Å². The van der Waals surface area contributed by atoms with Crippen LogP contribution >= 0.6 is 11.6 Å². The first kappa shape index (κ1) is 22.2. The van der Waals surface area contributed by atoms with Crippen LogP contribution in [0.15, 0.2) is 72.8 Å². The highest BCUT2D eigenvalue weighted by molar-refractivity contribution is 6.30. The molecule has 0 aliphatic carbocycles. The Bertz CT molecular complexity index is 1040. The molecule has 0 saturated heterocycles. The lowest BCUT2D eigenvalue weighted by atomic mass is 10.1. The van der Waals surface area contributed by atoms with Crippen LogP contribution in [0.2, 0.25) is 5.02 Å². The van der Waals surface area contributed by atoms with Gasteiger partial charge in [-0.15, -0.1) is 0 Å². The summed E-state index contributed by atoms with van der Waals surface area (Å²) in [6.07, 6.45) is 0. The minimum absolute atomic E-state index is 0.156. The molecular formula is C24H23ClN2O4. The normalized spacial score (nSPS) is 11.3. The van der Waals surface area contributed by atoms with Gasteiger partial charge in [-0.3, -0.25) is 9.59 Å². The molecule has 31 heavy (non-hydrogen) atoms. The van der Waals surface area contributed by atoms with Gasteiger partial charge in [0.15, 0.2) is 6.61 Å². The number of hydrogen-bond acceptors (Lipinski definition) is 4. The lowest BCUT2D eigenvalue weighted by Gasteiger charge is -2.15. The third-order valence-corrected chi connectivity index (χ3v) is 4.81. The molecule has 0 aromatic heterocycles. The SMILES string of the molecule is COc1cccc(NC(=O)COc2ccc(C(=O)NC(C)c3ccc(Cl)cc3)cc2)c1. The van der Waals surface area contributed by atoms with E-state index in [0.717, 1.165) is 5.56 Å². The smallest absolute Gasteiger partial charge is 0.262 e. The molecule has 2 N–H and O–H groups in total. The van der Waals surface area contributed by atoms with Crippen molar-refractivity contribution in [2.45, 2.75) is 13.0 Å². The molecule has 2 amide bonds. The molecular weight excluding hydrogens is 416 g/mol. The Morgan fingerprint density at radius 2 is 1.68 bits per heavy atom. The average molecular weight is 439 g/mol. The summed E-state index contributed by atoms with van der Waals surface area (Å²) in [5.41, 5.74) is 2.07. The van der Waals surface area contributed by atoms with E-state index < -0.39 is 0 Å². The van der Waals surface area contributed by atoms with Crippen molar-refractivity contribution in [2.24, 2.45) is 0 Å². The maximum absolute atomic E-state index is 12.5. The minimum atomic E-state index is -0.299. The Labute approximate surface area is 186 Å². The van der Waals surface area contributed by atoms with Crippen molar-refractivity contribution in [1.82, 2.24) is 5.32 Å². The van der Waals surface area contributed by atoms with Gasteiger partial charge < -0.3 is 20.1 Å². The van der Waals surface area contributed by atoms with Crippen LogP contribution in [0.4, 0.5) is 5.69 Å². The summed E-state index contributed by atoms with van der Waals surface area (Å²) in [7, 11) is 1.56. The lowest BCUT2D eigenvalue weighted by molar-refractivity contribution is -0.118. The predicted molar refractivity (Wildman–Crippen MR) is 121 cm³/mol. The number of halogens is 1. The van der Waals surface area contributed by atoms with Crippen molar-refractivity contribution < 1.29 is 19.1 Å². The van der Waals surface area contributed by atoms with Gasteiger partial charge in [-0.1, -0.05) is 29.8 Å². The van der Waals surface area contributed by atoms with Crippen molar-refractivity contribution in [3.8, 4) is 11.5 Å². The zero-order valence-electron chi connectivity index (χ0n) is 17.2. The molecule has 0 aliphatic heterocycles. The molecule has 160 valence electrons. The third-order valence-electron chi connectivity index (χ3n) is 4.56. The standard InChI is InChI=1S/C24H23ClN2O4/c1-16(17-6-10-19(25)11-7-17)26-24(29)18-8-12-21(13-9-18)31-15-23(28)27-20-4-3-5-22(14-20)30-2/h3-14,16H,15H2,1-2H3,(H,26,29)(H,27,28). The van der Waals surface area contributed by atoms with Crippen LogP contribution in [-0.4, -0.2) is 25.5 Å². The summed E-state index contributed by atoms with van der Waals surface area (Å²) in [4.78, 5) is 24.6. The fourth-order valence-corrected chi connectivity index (χ4v) is 2.99. The number of amides is 2. The van der Waals surface area contributed by atoms with Gasteiger partial charge in [0.2, 0.25) is 0 Å². The van der Waals surface area contributed by atoms with Crippen LogP contribution in [0.3, 0.4) is 0 Å². The quantitative estimate of drug-likeness (QED) is 0.526. The molecule has 3 rings (SSSR count). The molecule has 1 unspecified atom stereocenters. The molecule has 0 aliphatic rings. The number of hydrogen-bond donors (Lipinski definition) is 2. The monoisotopic (exact) mass is 438 g/mol. The number of benzene rings is 3. The Morgan fingerprint density at radius 1 is 0.968 bits per heavy atom. The largest absolute Gasteiger partial charge is 0.497 e. The lowest BCUT2D eigenvalue weighted by Crippen LogP contribution is -2.26. The van der Waals surface area contributed by atoms with E-state index in [1.807, 2.05) is 19.1 Å². The molecule has 0 saturated carbocycles. The van der Waals surface area contributed by atoms with Crippen LogP contribution in [0.25, 0.3) is 0 Å². The molecule has 7 heteroatoms. The van der Waals surface area contributed by atoms with Crippen molar-refractivity contribution in [2.75, 3.05) is 19.0 Å². The van der Waals surface area contributed by atoms with Crippen LogP contribution in [0.5, 0.6) is 11.5 Å². The first-order chi connectivity index (χ1) is 14.9. The van der Waals surface area contributed by atoms with E-state index in [1.165, 1.54) is 0 Å². The second-order valence-electron chi connectivity index (χ2n) is 6.84. The van der Waals surface area contributed by atoms with Crippen molar-refractivity contribution in [1.29, 1.82) is 0 Å². The summed E-state index contributed by atoms with van der Waals surface area (Å²) in [6, 6.07) is 20.8. The summed E-state index contributed by atoms with van der Waals surface area (Å²) in [5, 5.41) is 6.33. The Morgan fingerprint density at radius 3 is 2.35 bits per heavy atom. The fraction of sp³-hybridized carbons (Fsp3) is 0.167. The average Bonchev–Trinajstić information content (AvgIpc) is 2.78. The van der Waals surface area contributed by atoms with E-state index in [1.54, 1.807) is 67.8 Å². The van der Waals surface area contributed by atoms with E-state index in [0.29, 0.717) is 27.8 Å². The second kappa shape index (κ2) is 10.5. The summed E-state index contributed by atoms with van der Waals surface area (Å²) in [6.45, 7) is 1.75. The highest BCUT2D eigenvalue weighted by Crippen LogP contribution is 2.19. The number of anilines is 1. The first-order valence-corrected chi connectivity index (χ1v) is 10.1. The molecule has 0 radical (unpaired) electrons. The maximum Gasteiger partial charge on any atom is 0.262 e. The molecule has 6 nitrogen and oxygen atoms in total. The van der Waals surface area contributed by atoms with E-state index in [2.05, 4.69) is 10.6 Å². The zero-order chi connectivity index (χ0) is 22.2. The Balaban J connectivity index is 1.50. The van der Waals surface area contributed by atoms with Gasteiger partial charge in [0.05, 0.1) is 13.2 Å². The fourth-order valence-electron chi connectivity index (χ4n) is 2.86. The van der Waals surface area contributed by atoms with E-state index >= 15 is 0 Å². The minimum Gasteiger partial charge on any atom is -0.497 e. The number of methoxy groups -OCH3 is 1. The van der Waals surface area contributed by atoms with Gasteiger partial charge in [0.1, 0.15) is 11.5 Å². The molecule has 0 heterocycles. The highest BCUT2D eigenvalue weighted by Gasteiger charge is 2.12. The van der Waals surface area contributed by atoms with Crippen LogP contribution in [0, 0.1) is 0 Å². The number of carbonyl (C=O) groups is 2. The molecule has 3 aromatic rings. The molecule has 3 aromatic carbocycles. The van der Waals surface area contributed by atoms with E-state index in [-0.39, 0.29) is 24.5 Å². The molecule has 0 spiro atoms. The van der Waals surface area contributed by atoms with Crippen LogP contribution < -0.4 is 20.1 Å². The van der Waals surface area contributed by atoms with Crippen molar-refractivity contribution >= 4 is 29.1 Å². The number of carbonyl (C=O) groups excluding carboxylic acids is 2. The predicted octanol–water partition coefficient (Wildman–Crippen LogP) is 4.86. The van der Waals surface area contributed by atoms with E-state index in [9.17, 15) is 9.59 Å². The van der Waals surface area contributed by atoms with Gasteiger partial charge in [0.25, 0.3) is 11.8 Å². The summed E-state index contributed by atoms with van der Waals surface area (Å²) >= 11 is 5.90. The molecule has 0 bridgehead atoms. The number of ether oxygens (including phenoxy) is 2. The molecule has 0 fully saturated rings. The summed E-state index contributed by atoms with van der Waals surface area (Å²) < 4.78 is 10.6. The van der Waals surface area contributed by atoms with Crippen molar-refractivity contribution in [3.05, 3.63) is 88.9 Å². The van der Waals surface area contributed by atoms with Crippen LogP contribution in [0.1, 0.15) is 28.9 Å². The van der Waals surface area contributed by atoms with Gasteiger partial charge in [-0.05, 0) is 61.0 Å². The van der Waals surface area contributed by atoms with Gasteiger partial charge in [0, 0.05) is 22.3 Å². The number of nitrogens with one attached hydrogen (secondary N) is 2. The van der Waals surface area contributed by atoms with E-state index in [4.69, 9.17) is 21.1 Å². The first-order valence-electron chi connectivity index (χ1n) is 9.67. The van der Waals surface area contributed by atoms with Gasteiger partial charge >= 0.3 is 0 Å². The second-order valence-corrected chi connectivity index (χ2v) is 7.28. The molecule has 1 atom stereocenters. The Kier molecular flexibility index (Phi) is 7.51. The summed E-state index contributed by atoms with van der Waals surface area (Å²) in [5.74, 6) is 0.637.